The molecule has 0 spiro atoms. The van der Waals surface area contributed by atoms with Crippen LogP contribution in [0.2, 0.25) is 0 Å². The molecule has 1 unspecified atom stereocenters. The summed E-state index contributed by atoms with van der Waals surface area (Å²) >= 11 is 0. The van der Waals surface area contributed by atoms with Gasteiger partial charge >= 0.3 is 5.97 Å². The smallest absolute Gasteiger partial charge is 0.339 e. The number of aryl methyl sites for hydroxylation is 1. The van der Waals surface area contributed by atoms with Crippen molar-refractivity contribution in [1.82, 2.24) is 4.98 Å². The molecule has 0 saturated carbocycles. The minimum atomic E-state index is -0.948. The lowest BCUT2D eigenvalue weighted by molar-refractivity contribution is -0.125. The fourth-order valence-corrected chi connectivity index (χ4v) is 3.06. The minimum Gasteiger partial charge on any atom is -0.449 e. The lowest BCUT2D eigenvalue weighted by Crippen LogP contribution is -2.31. The molecule has 5 heteroatoms. The summed E-state index contributed by atoms with van der Waals surface area (Å²) < 4.78 is 5.27. The van der Waals surface area contributed by atoms with E-state index in [2.05, 4.69) is 0 Å². The molecule has 0 aliphatic heterocycles. The van der Waals surface area contributed by atoms with Crippen molar-refractivity contribution in [2.45, 2.75) is 45.1 Å². The van der Waals surface area contributed by atoms with Gasteiger partial charge in [-0.05, 0) is 44.2 Å². The molecule has 2 N–H and O–H groups in total. The Bertz CT molecular complexity index is 770. The van der Waals surface area contributed by atoms with Crippen LogP contribution in [0.15, 0.2) is 24.3 Å². The monoisotopic (exact) mass is 312 g/mol. The molecule has 120 valence electrons. The SMILES string of the molecule is CC(OC(=O)c1c2c(nc3ccccc13)CCCCC2)C(N)=O. The quantitative estimate of drug-likeness (QED) is 0.697. The zero-order valence-electron chi connectivity index (χ0n) is 13.2. The van der Waals surface area contributed by atoms with Gasteiger partial charge in [-0.3, -0.25) is 9.78 Å². The first kappa shape index (κ1) is 15.5. The van der Waals surface area contributed by atoms with E-state index in [1.165, 1.54) is 6.92 Å². The van der Waals surface area contributed by atoms with Crippen LogP contribution in [-0.4, -0.2) is 23.0 Å². The molecule has 1 aromatic heterocycles. The summed E-state index contributed by atoms with van der Waals surface area (Å²) in [7, 11) is 0. The molecule has 3 rings (SSSR count). The maximum atomic E-state index is 12.7. The van der Waals surface area contributed by atoms with E-state index < -0.39 is 18.0 Å². The van der Waals surface area contributed by atoms with Crippen LogP contribution >= 0.6 is 0 Å². The van der Waals surface area contributed by atoms with E-state index in [9.17, 15) is 9.59 Å². The Kier molecular flexibility index (Phi) is 4.28. The lowest BCUT2D eigenvalue weighted by atomic mass is 9.97. The molecule has 0 saturated heterocycles. The Morgan fingerprint density at radius 2 is 1.91 bits per heavy atom. The zero-order valence-corrected chi connectivity index (χ0v) is 13.2. The van der Waals surface area contributed by atoms with Crippen molar-refractivity contribution >= 4 is 22.8 Å². The molecule has 0 bridgehead atoms. The molecule has 0 fully saturated rings. The zero-order chi connectivity index (χ0) is 16.4. The number of fused-ring (bicyclic) bond motifs is 2. The standard InChI is InChI=1S/C18H20N2O3/c1-11(17(19)21)23-18(22)16-12-7-3-2-4-9-14(12)20-15-10-6-5-8-13(15)16/h5-6,8,10-11H,2-4,7,9H2,1H3,(H2,19,21). The number of amides is 1. The number of carbonyl (C=O) groups is 2. The average molecular weight is 312 g/mol. The van der Waals surface area contributed by atoms with Crippen molar-refractivity contribution in [3.05, 3.63) is 41.1 Å². The van der Waals surface area contributed by atoms with E-state index in [0.29, 0.717) is 5.56 Å². The molecule has 23 heavy (non-hydrogen) atoms. The Morgan fingerprint density at radius 1 is 1.17 bits per heavy atom. The fourth-order valence-electron chi connectivity index (χ4n) is 3.06. The predicted octanol–water partition coefficient (Wildman–Crippen LogP) is 2.53. The number of primary amides is 1. The second-order valence-electron chi connectivity index (χ2n) is 5.94. The molecule has 1 heterocycles. The molecule has 1 amide bonds. The van der Waals surface area contributed by atoms with E-state index in [1.54, 1.807) is 0 Å². The van der Waals surface area contributed by atoms with E-state index in [0.717, 1.165) is 54.3 Å². The second-order valence-corrected chi connectivity index (χ2v) is 5.94. The number of benzene rings is 1. The molecule has 2 aromatic rings. The fraction of sp³-hybridized carbons (Fsp3) is 0.389. The number of nitrogens with two attached hydrogens (primary N) is 1. The summed E-state index contributed by atoms with van der Waals surface area (Å²) in [5.74, 6) is -1.14. The van der Waals surface area contributed by atoms with Gasteiger partial charge in [0.2, 0.25) is 0 Å². The third-order valence-electron chi connectivity index (χ3n) is 4.31. The first-order valence-electron chi connectivity index (χ1n) is 7.98. The summed E-state index contributed by atoms with van der Waals surface area (Å²) in [5, 5.41) is 0.773. The number of ether oxygens (including phenoxy) is 1. The van der Waals surface area contributed by atoms with Crippen LogP contribution in [0.4, 0.5) is 0 Å². The minimum absolute atomic E-state index is 0.493. The van der Waals surface area contributed by atoms with Gasteiger partial charge in [-0.1, -0.05) is 24.6 Å². The van der Waals surface area contributed by atoms with Crippen molar-refractivity contribution in [3.8, 4) is 0 Å². The van der Waals surface area contributed by atoms with Gasteiger partial charge in [0.05, 0.1) is 11.1 Å². The van der Waals surface area contributed by atoms with Crippen molar-refractivity contribution in [3.63, 3.8) is 0 Å². The summed E-state index contributed by atoms with van der Waals surface area (Å²) in [4.78, 5) is 28.6. The van der Waals surface area contributed by atoms with Gasteiger partial charge in [-0.15, -0.1) is 0 Å². The van der Waals surface area contributed by atoms with Gasteiger partial charge < -0.3 is 10.5 Å². The summed E-state index contributed by atoms with van der Waals surface area (Å²) in [5.41, 5.74) is 8.47. The van der Waals surface area contributed by atoms with Gasteiger partial charge in [-0.25, -0.2) is 4.79 Å². The van der Waals surface area contributed by atoms with Gasteiger partial charge in [0.15, 0.2) is 6.10 Å². The molecule has 1 aromatic carbocycles. The Balaban J connectivity index is 2.14. The highest BCUT2D eigenvalue weighted by Crippen LogP contribution is 2.29. The van der Waals surface area contributed by atoms with Crippen molar-refractivity contribution in [1.29, 1.82) is 0 Å². The predicted molar refractivity (Wildman–Crippen MR) is 87.1 cm³/mol. The summed E-state index contributed by atoms with van der Waals surface area (Å²) in [6.07, 6.45) is 3.95. The molecular formula is C18H20N2O3. The Labute approximate surface area is 134 Å². The van der Waals surface area contributed by atoms with Gasteiger partial charge in [0.1, 0.15) is 0 Å². The second kappa shape index (κ2) is 6.36. The number of para-hydroxylation sites is 1. The van der Waals surface area contributed by atoms with Crippen LogP contribution in [0.1, 0.15) is 47.8 Å². The molecule has 5 nitrogen and oxygen atoms in total. The first-order valence-corrected chi connectivity index (χ1v) is 7.98. The third kappa shape index (κ3) is 3.04. The molecule has 1 atom stereocenters. The Morgan fingerprint density at radius 3 is 2.70 bits per heavy atom. The average Bonchev–Trinajstić information content (AvgIpc) is 2.77. The number of nitrogens with zero attached hydrogens (tertiary/aromatic N) is 1. The van der Waals surface area contributed by atoms with Crippen LogP contribution < -0.4 is 5.73 Å². The number of hydrogen-bond donors (Lipinski definition) is 1. The highest BCUT2D eigenvalue weighted by Gasteiger charge is 2.25. The number of pyridine rings is 1. The first-order chi connectivity index (χ1) is 11.1. The number of hydrogen-bond acceptors (Lipinski definition) is 4. The number of esters is 1. The van der Waals surface area contributed by atoms with E-state index in [-0.39, 0.29) is 0 Å². The number of rotatable bonds is 3. The van der Waals surface area contributed by atoms with Gasteiger partial charge in [0.25, 0.3) is 5.91 Å². The third-order valence-corrected chi connectivity index (χ3v) is 4.31. The van der Waals surface area contributed by atoms with Crippen molar-refractivity contribution in [2.75, 3.05) is 0 Å². The Hall–Kier alpha value is -2.43. The van der Waals surface area contributed by atoms with E-state index in [1.807, 2.05) is 24.3 Å². The summed E-state index contributed by atoms with van der Waals surface area (Å²) in [6, 6.07) is 7.55. The lowest BCUT2D eigenvalue weighted by Gasteiger charge is -2.16. The number of aromatic nitrogens is 1. The molecule has 1 aliphatic rings. The van der Waals surface area contributed by atoms with Crippen LogP contribution in [0, 0.1) is 0 Å². The molecule has 1 aliphatic carbocycles. The van der Waals surface area contributed by atoms with Crippen LogP contribution in [-0.2, 0) is 22.4 Å². The van der Waals surface area contributed by atoms with Crippen molar-refractivity contribution in [2.24, 2.45) is 5.73 Å². The summed E-state index contributed by atoms with van der Waals surface area (Å²) in [6.45, 7) is 1.49. The molecular weight excluding hydrogens is 292 g/mol. The van der Waals surface area contributed by atoms with E-state index >= 15 is 0 Å². The van der Waals surface area contributed by atoms with Gasteiger partial charge in [-0.2, -0.15) is 0 Å². The maximum absolute atomic E-state index is 12.7. The highest BCUT2D eigenvalue weighted by molar-refractivity contribution is 6.05. The topological polar surface area (TPSA) is 82.3 Å². The van der Waals surface area contributed by atoms with Crippen molar-refractivity contribution < 1.29 is 14.3 Å². The normalized spacial score (nSPS) is 15.5. The highest BCUT2D eigenvalue weighted by atomic mass is 16.5. The van der Waals surface area contributed by atoms with Gasteiger partial charge in [0, 0.05) is 11.1 Å². The molecule has 0 radical (unpaired) electrons. The van der Waals surface area contributed by atoms with Crippen LogP contribution in [0.25, 0.3) is 10.9 Å². The van der Waals surface area contributed by atoms with Crippen LogP contribution in [0.5, 0.6) is 0 Å². The van der Waals surface area contributed by atoms with Crippen LogP contribution in [0.3, 0.4) is 0 Å². The maximum Gasteiger partial charge on any atom is 0.339 e. The number of carbonyl (C=O) groups excluding carboxylic acids is 2. The largest absolute Gasteiger partial charge is 0.449 e. The van der Waals surface area contributed by atoms with E-state index in [4.69, 9.17) is 15.5 Å².